The van der Waals surface area contributed by atoms with Crippen molar-refractivity contribution in [1.82, 2.24) is 24.9 Å². The number of hydrogen-bond donors (Lipinski definition) is 1. The van der Waals surface area contributed by atoms with Crippen molar-refractivity contribution in [1.29, 1.82) is 0 Å². The molecule has 0 bridgehead atoms. The molecule has 6 aromatic rings. The summed E-state index contributed by atoms with van der Waals surface area (Å²) in [7, 11) is 6.97. The first-order valence-electron chi connectivity index (χ1n) is 15.2. The Labute approximate surface area is 282 Å². The Morgan fingerprint density at radius 2 is 1.62 bits per heavy atom. The number of amides is 2. The Kier molecular flexibility index (Phi) is 9.62. The molecule has 1 N–H and O–H groups in total. The molecule has 0 aliphatic rings. The van der Waals surface area contributed by atoms with Gasteiger partial charge >= 0.3 is 0 Å². The lowest BCUT2D eigenvalue weighted by Crippen LogP contribution is -2.42. The van der Waals surface area contributed by atoms with Crippen LogP contribution >= 0.6 is 11.3 Å². The summed E-state index contributed by atoms with van der Waals surface area (Å²) in [6, 6.07) is 28.9. The maximum atomic E-state index is 14.5. The molecule has 4 aromatic carbocycles. The standard InChI is InChI=1S/C36H35N7O4S/c1-41(2)27-17-15-26(16-18-27)37-36(45)35(25-14-19-31(46-3)32(20-25)47-4)42(21-33-38-29(23-48-33)24-10-6-5-7-11-24)34(44)22-43-30-13-9-8-12-28(30)39-40-43/h5-20,23,35H,21-22H2,1-4H3,(H,37,45). The fourth-order valence-corrected chi connectivity index (χ4v) is 6.20. The average Bonchev–Trinajstić information content (AvgIpc) is 3.76. The number of para-hydroxylation sites is 1. The number of nitrogens with zero attached hydrogens (tertiary/aromatic N) is 6. The number of carbonyl (C=O) groups is 2. The van der Waals surface area contributed by atoms with Gasteiger partial charge in [0.05, 0.1) is 32.0 Å². The first-order valence-corrected chi connectivity index (χ1v) is 16.1. The van der Waals surface area contributed by atoms with Crippen LogP contribution in [0.4, 0.5) is 11.4 Å². The lowest BCUT2D eigenvalue weighted by molar-refractivity contribution is -0.140. The predicted octanol–water partition coefficient (Wildman–Crippen LogP) is 6.05. The van der Waals surface area contributed by atoms with E-state index in [1.54, 1.807) is 30.0 Å². The summed E-state index contributed by atoms with van der Waals surface area (Å²) in [6.45, 7) is -0.0823. The first kappa shape index (κ1) is 32.2. The van der Waals surface area contributed by atoms with Crippen LogP contribution in [-0.2, 0) is 22.7 Å². The minimum atomic E-state index is -1.08. The molecule has 2 aromatic heterocycles. The highest BCUT2D eigenvalue weighted by Gasteiger charge is 2.34. The van der Waals surface area contributed by atoms with E-state index in [4.69, 9.17) is 14.5 Å². The molecule has 0 spiro atoms. The number of rotatable bonds is 12. The molecule has 11 nitrogen and oxygen atoms in total. The Balaban J connectivity index is 1.42. The molecule has 1 unspecified atom stereocenters. The van der Waals surface area contributed by atoms with Crippen LogP contribution in [0, 0.1) is 0 Å². The van der Waals surface area contributed by atoms with Gasteiger partial charge in [-0.05, 0) is 54.1 Å². The van der Waals surface area contributed by atoms with Crippen LogP contribution in [0.15, 0.2) is 102 Å². The smallest absolute Gasteiger partial charge is 0.251 e. The number of carbonyl (C=O) groups excluding carboxylic acids is 2. The second-order valence-electron chi connectivity index (χ2n) is 11.2. The zero-order valence-corrected chi connectivity index (χ0v) is 27.8. The van der Waals surface area contributed by atoms with Crippen molar-refractivity contribution < 1.29 is 19.1 Å². The summed E-state index contributed by atoms with van der Waals surface area (Å²) in [6.07, 6.45) is 0. The number of thiazole rings is 1. The van der Waals surface area contributed by atoms with Crippen molar-refractivity contribution in [2.75, 3.05) is 38.5 Å². The fraction of sp³-hybridized carbons (Fsp3) is 0.194. The van der Waals surface area contributed by atoms with E-state index >= 15 is 0 Å². The van der Waals surface area contributed by atoms with Gasteiger partial charge in [0.1, 0.15) is 23.1 Å². The molecule has 0 saturated carbocycles. The lowest BCUT2D eigenvalue weighted by Gasteiger charge is -2.31. The van der Waals surface area contributed by atoms with E-state index in [1.807, 2.05) is 103 Å². The second-order valence-corrected chi connectivity index (χ2v) is 12.1. The Morgan fingerprint density at radius 1 is 0.896 bits per heavy atom. The monoisotopic (exact) mass is 661 g/mol. The van der Waals surface area contributed by atoms with Gasteiger partial charge in [0.25, 0.3) is 5.91 Å². The highest BCUT2D eigenvalue weighted by Crippen LogP contribution is 2.34. The number of fused-ring (bicyclic) bond motifs is 1. The molecule has 0 aliphatic carbocycles. The van der Waals surface area contributed by atoms with Crippen molar-refractivity contribution in [3.05, 3.63) is 113 Å². The minimum Gasteiger partial charge on any atom is -0.493 e. The Hall–Kier alpha value is -5.75. The van der Waals surface area contributed by atoms with Crippen molar-refractivity contribution in [3.63, 3.8) is 0 Å². The summed E-state index contributed by atoms with van der Waals surface area (Å²) in [4.78, 5) is 37.3. The Bertz CT molecular complexity index is 2030. The number of methoxy groups -OCH3 is 2. The van der Waals surface area contributed by atoms with Crippen LogP contribution in [0.1, 0.15) is 16.6 Å². The molecule has 2 heterocycles. The quantitative estimate of drug-likeness (QED) is 0.169. The van der Waals surface area contributed by atoms with Gasteiger partial charge in [0.15, 0.2) is 11.5 Å². The van der Waals surface area contributed by atoms with E-state index in [2.05, 4.69) is 15.6 Å². The Morgan fingerprint density at radius 3 is 2.35 bits per heavy atom. The van der Waals surface area contributed by atoms with Crippen LogP contribution in [0.5, 0.6) is 11.5 Å². The number of ether oxygens (including phenoxy) is 2. The molecular weight excluding hydrogens is 627 g/mol. The van der Waals surface area contributed by atoms with Gasteiger partial charge in [0.2, 0.25) is 5.91 Å². The van der Waals surface area contributed by atoms with Gasteiger partial charge < -0.3 is 24.6 Å². The number of hydrogen-bond acceptors (Lipinski definition) is 9. The van der Waals surface area contributed by atoms with Gasteiger partial charge in [-0.1, -0.05) is 53.7 Å². The molecule has 1 atom stereocenters. The normalized spacial score (nSPS) is 11.6. The number of nitrogens with one attached hydrogen (secondary N) is 1. The van der Waals surface area contributed by atoms with Gasteiger partial charge in [-0.25, -0.2) is 9.67 Å². The summed E-state index contributed by atoms with van der Waals surface area (Å²) in [5.74, 6) is 0.175. The van der Waals surface area contributed by atoms with Crippen LogP contribution in [0.25, 0.3) is 22.3 Å². The lowest BCUT2D eigenvalue weighted by atomic mass is 10.0. The van der Waals surface area contributed by atoms with E-state index in [0.717, 1.165) is 16.9 Å². The average molecular weight is 662 g/mol. The molecular formula is C36H35N7O4S. The number of aromatic nitrogens is 4. The largest absolute Gasteiger partial charge is 0.493 e. The van der Waals surface area contributed by atoms with Crippen LogP contribution in [-0.4, -0.2) is 65.0 Å². The molecule has 2 amide bonds. The number of benzene rings is 4. The SMILES string of the molecule is COc1ccc(C(C(=O)Nc2ccc(N(C)C)cc2)N(Cc2nc(-c3ccccc3)cs2)C(=O)Cn2nnc3ccccc32)cc1OC. The van der Waals surface area contributed by atoms with Crippen molar-refractivity contribution in [2.45, 2.75) is 19.1 Å². The third-order valence-corrected chi connectivity index (χ3v) is 8.72. The molecule has 0 fully saturated rings. The highest BCUT2D eigenvalue weighted by molar-refractivity contribution is 7.09. The maximum absolute atomic E-state index is 14.5. The van der Waals surface area contributed by atoms with Crippen LogP contribution < -0.4 is 19.7 Å². The highest BCUT2D eigenvalue weighted by atomic mass is 32.1. The van der Waals surface area contributed by atoms with Crippen LogP contribution in [0.2, 0.25) is 0 Å². The number of anilines is 2. The molecule has 0 radical (unpaired) electrons. The molecule has 6 rings (SSSR count). The third kappa shape index (κ3) is 6.98. The minimum absolute atomic E-state index is 0.0644. The molecule has 12 heteroatoms. The van der Waals surface area contributed by atoms with Gasteiger partial charge in [0, 0.05) is 36.4 Å². The third-order valence-electron chi connectivity index (χ3n) is 7.89. The predicted molar refractivity (Wildman–Crippen MR) is 187 cm³/mol. The summed E-state index contributed by atoms with van der Waals surface area (Å²) < 4.78 is 12.6. The maximum Gasteiger partial charge on any atom is 0.251 e. The zero-order valence-electron chi connectivity index (χ0n) is 27.0. The van der Waals surface area contributed by atoms with Gasteiger partial charge in [-0.15, -0.1) is 16.4 Å². The van der Waals surface area contributed by atoms with E-state index in [1.165, 1.54) is 23.3 Å². The molecule has 48 heavy (non-hydrogen) atoms. The van der Waals surface area contributed by atoms with Crippen molar-refractivity contribution in [3.8, 4) is 22.8 Å². The fourth-order valence-electron chi connectivity index (χ4n) is 5.40. The van der Waals surface area contributed by atoms with E-state index in [9.17, 15) is 9.59 Å². The van der Waals surface area contributed by atoms with Crippen molar-refractivity contribution >= 4 is 45.6 Å². The van der Waals surface area contributed by atoms with E-state index < -0.39 is 11.9 Å². The molecule has 0 saturated heterocycles. The van der Waals surface area contributed by atoms with Gasteiger partial charge in [-0.2, -0.15) is 0 Å². The van der Waals surface area contributed by atoms with Crippen molar-refractivity contribution in [2.24, 2.45) is 0 Å². The molecule has 0 aliphatic heterocycles. The van der Waals surface area contributed by atoms with E-state index in [-0.39, 0.29) is 19.0 Å². The second kappa shape index (κ2) is 14.3. The summed E-state index contributed by atoms with van der Waals surface area (Å²) in [5, 5.41) is 14.1. The van der Waals surface area contributed by atoms with Gasteiger partial charge in [-0.3, -0.25) is 9.59 Å². The topological polar surface area (TPSA) is 115 Å². The summed E-state index contributed by atoms with van der Waals surface area (Å²) >= 11 is 1.43. The zero-order chi connectivity index (χ0) is 33.6. The first-order chi connectivity index (χ1) is 23.3. The summed E-state index contributed by atoms with van der Waals surface area (Å²) in [5.41, 5.74) is 5.23. The van der Waals surface area contributed by atoms with Crippen LogP contribution in [0.3, 0.4) is 0 Å². The molecule has 244 valence electrons. The van der Waals surface area contributed by atoms with E-state index in [0.29, 0.717) is 38.8 Å².